The fourth-order valence-corrected chi connectivity index (χ4v) is 1.42. The molecule has 0 heterocycles. The van der Waals surface area contributed by atoms with Crippen LogP contribution in [0.15, 0.2) is 30.3 Å². The largest absolute Gasteiger partial charge is 0.480 e. The highest BCUT2D eigenvalue weighted by atomic mass is 16.4. The van der Waals surface area contributed by atoms with Crippen molar-refractivity contribution >= 4 is 11.9 Å². The molecule has 0 spiro atoms. The summed E-state index contributed by atoms with van der Waals surface area (Å²) in [6, 6.07) is 8.37. The van der Waals surface area contributed by atoms with Crippen molar-refractivity contribution < 1.29 is 14.7 Å². The monoisotopic (exact) mass is 249 g/mol. The highest BCUT2D eigenvalue weighted by Crippen LogP contribution is 2.13. The molecule has 1 unspecified atom stereocenters. The van der Waals surface area contributed by atoms with E-state index in [-0.39, 0.29) is 12.3 Å². The smallest absolute Gasteiger partial charge is 0.326 e. The fourth-order valence-electron chi connectivity index (χ4n) is 1.42. The second-order valence-corrected chi connectivity index (χ2v) is 5.30. The molecule has 1 aromatic rings. The number of hydrogen-bond acceptors (Lipinski definition) is 2. The maximum atomic E-state index is 11.8. The van der Waals surface area contributed by atoms with Crippen molar-refractivity contribution in [2.24, 2.45) is 5.41 Å². The summed E-state index contributed by atoms with van der Waals surface area (Å²) in [6.07, 6.45) is 0.290. The first kappa shape index (κ1) is 14.2. The minimum Gasteiger partial charge on any atom is -0.480 e. The van der Waals surface area contributed by atoms with E-state index >= 15 is 0 Å². The highest BCUT2D eigenvalue weighted by molar-refractivity contribution is 5.86. The van der Waals surface area contributed by atoms with E-state index in [4.69, 9.17) is 5.11 Å². The van der Waals surface area contributed by atoms with Crippen LogP contribution in [0.5, 0.6) is 0 Å². The molecular formula is C14H19NO3. The Morgan fingerprint density at radius 3 is 2.22 bits per heavy atom. The summed E-state index contributed by atoms with van der Waals surface area (Å²) in [4.78, 5) is 22.9. The zero-order valence-corrected chi connectivity index (χ0v) is 10.9. The van der Waals surface area contributed by atoms with Crippen LogP contribution in [0, 0.1) is 5.41 Å². The summed E-state index contributed by atoms with van der Waals surface area (Å²) in [7, 11) is 0. The van der Waals surface area contributed by atoms with Gasteiger partial charge in [-0.15, -0.1) is 0 Å². The Balaban J connectivity index is 2.73. The van der Waals surface area contributed by atoms with Gasteiger partial charge in [0.15, 0.2) is 0 Å². The van der Waals surface area contributed by atoms with Crippen molar-refractivity contribution in [2.45, 2.75) is 33.2 Å². The third kappa shape index (κ3) is 4.20. The van der Waals surface area contributed by atoms with Gasteiger partial charge in [-0.05, 0) is 5.56 Å². The molecule has 1 amide bonds. The Kier molecular flexibility index (Phi) is 4.48. The Morgan fingerprint density at radius 1 is 1.22 bits per heavy atom. The molecule has 0 saturated heterocycles. The highest BCUT2D eigenvalue weighted by Gasteiger charge is 2.27. The predicted molar refractivity (Wildman–Crippen MR) is 69.2 cm³/mol. The number of rotatable bonds is 4. The molecule has 0 aliphatic carbocycles. The van der Waals surface area contributed by atoms with Crippen molar-refractivity contribution in [1.82, 2.24) is 5.32 Å². The van der Waals surface area contributed by atoms with Gasteiger partial charge < -0.3 is 10.4 Å². The first-order chi connectivity index (χ1) is 8.30. The lowest BCUT2D eigenvalue weighted by atomic mass is 9.94. The van der Waals surface area contributed by atoms with Gasteiger partial charge in [0, 0.05) is 11.8 Å². The number of nitrogens with one attached hydrogen (secondary N) is 1. The summed E-state index contributed by atoms with van der Waals surface area (Å²) < 4.78 is 0. The normalized spacial score (nSPS) is 12.8. The number of aliphatic carboxylic acids is 1. The van der Waals surface area contributed by atoms with Gasteiger partial charge in [0.1, 0.15) is 6.04 Å². The van der Waals surface area contributed by atoms with Crippen molar-refractivity contribution in [3.8, 4) is 0 Å². The predicted octanol–water partition coefficient (Wildman–Crippen LogP) is 1.84. The Hall–Kier alpha value is -1.84. The van der Waals surface area contributed by atoms with Gasteiger partial charge >= 0.3 is 5.97 Å². The van der Waals surface area contributed by atoms with E-state index in [2.05, 4.69) is 5.32 Å². The Morgan fingerprint density at radius 2 is 1.78 bits per heavy atom. The molecule has 0 radical (unpaired) electrons. The number of benzene rings is 1. The van der Waals surface area contributed by atoms with Gasteiger partial charge in [-0.25, -0.2) is 4.79 Å². The number of carboxylic acid groups (broad SMARTS) is 1. The lowest BCUT2D eigenvalue weighted by Crippen LogP contribution is -2.46. The Bertz CT molecular complexity index is 420. The SMILES string of the molecule is CC(C)(C)C(=O)NC(Cc1ccccc1)C(=O)O. The molecular weight excluding hydrogens is 230 g/mol. The summed E-state index contributed by atoms with van der Waals surface area (Å²) in [5, 5.41) is 11.7. The summed E-state index contributed by atoms with van der Waals surface area (Å²) >= 11 is 0. The molecule has 98 valence electrons. The molecule has 1 atom stereocenters. The molecule has 0 aromatic heterocycles. The lowest BCUT2D eigenvalue weighted by Gasteiger charge is -2.22. The van der Waals surface area contributed by atoms with Crippen LogP contribution in [0.2, 0.25) is 0 Å². The van der Waals surface area contributed by atoms with Crippen molar-refractivity contribution in [2.75, 3.05) is 0 Å². The van der Waals surface area contributed by atoms with Crippen molar-refractivity contribution in [1.29, 1.82) is 0 Å². The van der Waals surface area contributed by atoms with E-state index in [9.17, 15) is 9.59 Å². The van der Waals surface area contributed by atoms with E-state index in [0.717, 1.165) is 5.56 Å². The van der Waals surface area contributed by atoms with Crippen LogP contribution in [0.1, 0.15) is 26.3 Å². The van der Waals surface area contributed by atoms with Crippen LogP contribution in [0.3, 0.4) is 0 Å². The molecule has 1 aromatic carbocycles. The third-order valence-electron chi connectivity index (χ3n) is 2.57. The third-order valence-corrected chi connectivity index (χ3v) is 2.57. The van der Waals surface area contributed by atoms with Gasteiger partial charge in [0.25, 0.3) is 0 Å². The molecule has 0 fully saturated rings. The zero-order valence-electron chi connectivity index (χ0n) is 10.9. The van der Waals surface area contributed by atoms with E-state index in [1.165, 1.54) is 0 Å². The number of amides is 1. The van der Waals surface area contributed by atoms with Crippen LogP contribution >= 0.6 is 0 Å². The van der Waals surface area contributed by atoms with Crippen LogP contribution in [-0.4, -0.2) is 23.0 Å². The summed E-state index contributed by atoms with van der Waals surface area (Å²) in [5.74, 6) is -1.28. The van der Waals surface area contributed by atoms with Gasteiger partial charge in [-0.1, -0.05) is 51.1 Å². The topological polar surface area (TPSA) is 66.4 Å². The first-order valence-electron chi connectivity index (χ1n) is 5.88. The standard InChI is InChI=1S/C14H19NO3/c1-14(2,3)13(18)15-11(12(16)17)9-10-7-5-4-6-8-10/h4-8,11H,9H2,1-3H3,(H,15,18)(H,16,17). The molecule has 0 aliphatic rings. The average molecular weight is 249 g/mol. The van der Waals surface area contributed by atoms with E-state index in [0.29, 0.717) is 0 Å². The van der Waals surface area contributed by atoms with Gasteiger partial charge in [0.2, 0.25) is 5.91 Å². The minimum atomic E-state index is -1.02. The Labute approximate surface area is 107 Å². The maximum absolute atomic E-state index is 11.8. The summed E-state index contributed by atoms with van der Waals surface area (Å²) in [5.41, 5.74) is 0.295. The molecule has 0 aliphatic heterocycles. The maximum Gasteiger partial charge on any atom is 0.326 e. The number of carbonyl (C=O) groups excluding carboxylic acids is 1. The quantitative estimate of drug-likeness (QED) is 0.855. The van der Waals surface area contributed by atoms with Crippen LogP contribution in [-0.2, 0) is 16.0 Å². The number of carboxylic acids is 1. The molecule has 0 bridgehead atoms. The van der Waals surface area contributed by atoms with Crippen molar-refractivity contribution in [3.05, 3.63) is 35.9 Å². The summed E-state index contributed by atoms with van der Waals surface area (Å²) in [6.45, 7) is 5.26. The molecule has 2 N–H and O–H groups in total. The number of carbonyl (C=O) groups is 2. The first-order valence-corrected chi connectivity index (χ1v) is 5.88. The molecule has 0 saturated carbocycles. The molecule has 18 heavy (non-hydrogen) atoms. The van der Waals surface area contributed by atoms with Crippen LogP contribution in [0.4, 0.5) is 0 Å². The lowest BCUT2D eigenvalue weighted by molar-refractivity contribution is -0.143. The molecule has 4 heteroatoms. The van der Waals surface area contributed by atoms with E-state index in [1.54, 1.807) is 20.8 Å². The fraction of sp³-hybridized carbons (Fsp3) is 0.429. The van der Waals surface area contributed by atoms with Crippen LogP contribution < -0.4 is 5.32 Å². The number of hydrogen-bond donors (Lipinski definition) is 2. The second kappa shape index (κ2) is 5.67. The molecule has 4 nitrogen and oxygen atoms in total. The zero-order chi connectivity index (χ0) is 13.8. The van der Waals surface area contributed by atoms with Gasteiger partial charge in [0.05, 0.1) is 0 Å². The average Bonchev–Trinajstić information content (AvgIpc) is 2.28. The van der Waals surface area contributed by atoms with Crippen molar-refractivity contribution in [3.63, 3.8) is 0 Å². The van der Waals surface area contributed by atoms with Crippen LogP contribution in [0.25, 0.3) is 0 Å². The van der Waals surface area contributed by atoms with E-state index < -0.39 is 17.4 Å². The minimum absolute atomic E-state index is 0.258. The van der Waals surface area contributed by atoms with E-state index in [1.807, 2.05) is 30.3 Å². The van der Waals surface area contributed by atoms with Gasteiger partial charge in [-0.2, -0.15) is 0 Å². The molecule has 1 rings (SSSR count). The van der Waals surface area contributed by atoms with Gasteiger partial charge in [-0.3, -0.25) is 4.79 Å². The second-order valence-electron chi connectivity index (χ2n) is 5.30.